The van der Waals surface area contributed by atoms with Crippen molar-refractivity contribution in [2.75, 3.05) is 5.73 Å². The van der Waals surface area contributed by atoms with Gasteiger partial charge in [0.1, 0.15) is 23.3 Å². The topological polar surface area (TPSA) is 90.1 Å². The predicted molar refractivity (Wildman–Crippen MR) is 122 cm³/mol. The van der Waals surface area contributed by atoms with Crippen molar-refractivity contribution in [3.63, 3.8) is 0 Å². The number of alkyl carbamates (subject to hydrolysis) is 1. The van der Waals surface area contributed by atoms with E-state index in [9.17, 15) is 9.18 Å². The van der Waals surface area contributed by atoms with Crippen LogP contribution in [0.3, 0.4) is 0 Å². The lowest BCUT2D eigenvalue weighted by atomic mass is 9.73. The fourth-order valence-corrected chi connectivity index (χ4v) is 3.93. The fourth-order valence-electron chi connectivity index (χ4n) is 3.93. The lowest BCUT2D eigenvalue weighted by Gasteiger charge is -2.44. The highest BCUT2D eigenvalue weighted by molar-refractivity contribution is 5.81. The Labute approximate surface area is 187 Å². The number of halogens is 1. The number of hydrogen-bond donors (Lipinski definition) is 2. The van der Waals surface area contributed by atoms with Crippen LogP contribution in [0.1, 0.15) is 39.2 Å². The molecular formula is C25H27FN4O2. The number of carbonyl (C=O) groups excluding carboxylic acids is 1. The summed E-state index contributed by atoms with van der Waals surface area (Å²) in [7, 11) is 0. The summed E-state index contributed by atoms with van der Waals surface area (Å²) in [6.07, 6.45) is -1.27. The summed E-state index contributed by atoms with van der Waals surface area (Å²) in [5, 5.41) is 11.1. The van der Waals surface area contributed by atoms with Gasteiger partial charge in [0, 0.05) is 29.5 Å². The molecule has 3 aromatic rings. The molecule has 1 aromatic heterocycles. The van der Waals surface area contributed by atoms with E-state index in [1.807, 2.05) is 75.4 Å². The van der Waals surface area contributed by atoms with Gasteiger partial charge in [-0.2, -0.15) is 0 Å². The number of aromatic nitrogens is 2. The maximum atomic E-state index is 13.9. The number of nitrogens with zero attached hydrogens (tertiary/aromatic N) is 2. The van der Waals surface area contributed by atoms with Crippen LogP contribution >= 0.6 is 0 Å². The van der Waals surface area contributed by atoms with Gasteiger partial charge in [-0.15, -0.1) is 10.2 Å². The van der Waals surface area contributed by atoms with Gasteiger partial charge < -0.3 is 15.8 Å². The first-order valence-corrected chi connectivity index (χ1v) is 10.6. The van der Waals surface area contributed by atoms with Crippen molar-refractivity contribution in [3.05, 3.63) is 66.2 Å². The molecule has 1 aliphatic rings. The monoisotopic (exact) mass is 434 g/mol. The first-order valence-electron chi connectivity index (χ1n) is 10.6. The molecule has 166 valence electrons. The zero-order chi connectivity index (χ0) is 22.9. The number of ether oxygens (including phenoxy) is 1. The van der Waals surface area contributed by atoms with E-state index in [-0.39, 0.29) is 12.8 Å². The maximum absolute atomic E-state index is 13.9. The first kappa shape index (κ1) is 21.7. The van der Waals surface area contributed by atoms with Crippen molar-refractivity contribution >= 4 is 11.9 Å². The van der Waals surface area contributed by atoms with E-state index in [1.54, 1.807) is 6.07 Å². The van der Waals surface area contributed by atoms with Crippen LogP contribution in [-0.4, -0.2) is 28.0 Å². The van der Waals surface area contributed by atoms with Gasteiger partial charge in [-0.1, -0.05) is 54.6 Å². The fraction of sp³-hybridized carbons (Fsp3) is 0.320. The minimum atomic E-state index is -0.996. The summed E-state index contributed by atoms with van der Waals surface area (Å²) < 4.78 is 19.6. The highest BCUT2D eigenvalue weighted by Gasteiger charge is 2.50. The number of nitrogen functional groups attached to an aromatic ring is 1. The minimum absolute atomic E-state index is 0.140. The van der Waals surface area contributed by atoms with Crippen LogP contribution in [0.2, 0.25) is 0 Å². The molecule has 7 heteroatoms. The predicted octanol–water partition coefficient (Wildman–Crippen LogP) is 5.24. The number of nitrogens with two attached hydrogens (primary N) is 1. The number of benzene rings is 2. The Morgan fingerprint density at radius 3 is 2.31 bits per heavy atom. The third-order valence-corrected chi connectivity index (χ3v) is 5.45. The zero-order valence-corrected chi connectivity index (χ0v) is 18.4. The molecule has 0 atom stereocenters. The molecule has 1 amide bonds. The average molecular weight is 435 g/mol. The molecule has 1 heterocycles. The summed E-state index contributed by atoms with van der Waals surface area (Å²) in [4.78, 5) is 12.4. The Morgan fingerprint density at radius 2 is 1.72 bits per heavy atom. The Hall–Kier alpha value is -3.48. The molecule has 1 saturated carbocycles. The van der Waals surface area contributed by atoms with Gasteiger partial charge in [0.2, 0.25) is 0 Å². The first-order chi connectivity index (χ1) is 15.2. The molecule has 3 N–H and O–H groups in total. The standard InChI is InChI=1S/C25H27FN4O2/c1-24(2,3)28-23(31)32-25(14-19(26)15-25)18-11-9-17(10-12-18)22-20(13-21(27)29-30-22)16-7-5-4-6-8-16/h4-13,19H,14-15H2,1-3H3,(H2,27,29)(H,28,31). The molecule has 0 radical (unpaired) electrons. The lowest BCUT2D eigenvalue weighted by molar-refractivity contribution is -0.0972. The Morgan fingerprint density at radius 1 is 1.06 bits per heavy atom. The van der Waals surface area contributed by atoms with Gasteiger partial charge in [-0.25, -0.2) is 9.18 Å². The van der Waals surface area contributed by atoms with Crippen LogP contribution < -0.4 is 11.1 Å². The quantitative estimate of drug-likeness (QED) is 0.586. The Kier molecular flexibility index (Phi) is 5.59. The van der Waals surface area contributed by atoms with Gasteiger partial charge in [-0.3, -0.25) is 0 Å². The van der Waals surface area contributed by atoms with Gasteiger partial charge in [-0.05, 0) is 38.0 Å². The van der Waals surface area contributed by atoms with Crippen LogP contribution in [0.5, 0.6) is 0 Å². The number of hydrogen-bond acceptors (Lipinski definition) is 5. The highest BCUT2D eigenvalue weighted by atomic mass is 19.1. The second-order valence-electron chi connectivity index (χ2n) is 9.24. The van der Waals surface area contributed by atoms with Crippen molar-refractivity contribution in [1.29, 1.82) is 0 Å². The number of anilines is 1. The maximum Gasteiger partial charge on any atom is 0.408 e. The summed E-state index contributed by atoms with van der Waals surface area (Å²) in [6.45, 7) is 5.60. The molecule has 1 fully saturated rings. The van der Waals surface area contributed by atoms with Crippen molar-refractivity contribution in [2.24, 2.45) is 0 Å². The van der Waals surface area contributed by atoms with Crippen molar-refractivity contribution in [3.8, 4) is 22.4 Å². The normalized spacial score (nSPS) is 20.3. The number of carbonyl (C=O) groups is 1. The van der Waals surface area contributed by atoms with Crippen molar-refractivity contribution < 1.29 is 13.9 Å². The van der Waals surface area contributed by atoms with Crippen LogP contribution in [0, 0.1) is 0 Å². The third kappa shape index (κ3) is 4.56. The molecular weight excluding hydrogens is 407 g/mol. The number of nitrogens with one attached hydrogen (secondary N) is 1. The van der Waals surface area contributed by atoms with Crippen molar-refractivity contribution in [1.82, 2.24) is 15.5 Å². The molecule has 0 saturated heterocycles. The van der Waals surface area contributed by atoms with E-state index < -0.39 is 23.4 Å². The van der Waals surface area contributed by atoms with Gasteiger partial charge >= 0.3 is 6.09 Å². The molecule has 4 rings (SSSR count). The molecule has 0 spiro atoms. The number of alkyl halides is 1. The SMILES string of the molecule is CC(C)(C)NC(=O)OC1(c2ccc(-c3nnc(N)cc3-c3ccccc3)cc2)CC(F)C1. The molecule has 2 aromatic carbocycles. The molecule has 0 bridgehead atoms. The molecule has 0 aliphatic heterocycles. The summed E-state index contributed by atoms with van der Waals surface area (Å²) in [6, 6.07) is 19.1. The highest BCUT2D eigenvalue weighted by Crippen LogP contribution is 2.47. The van der Waals surface area contributed by atoms with Crippen LogP contribution in [0.4, 0.5) is 15.0 Å². The minimum Gasteiger partial charge on any atom is -0.438 e. The molecule has 0 unspecified atom stereocenters. The largest absolute Gasteiger partial charge is 0.438 e. The van der Waals surface area contributed by atoms with Crippen LogP contribution in [0.25, 0.3) is 22.4 Å². The Balaban J connectivity index is 1.64. The molecule has 32 heavy (non-hydrogen) atoms. The van der Waals surface area contributed by atoms with Crippen LogP contribution in [-0.2, 0) is 10.3 Å². The van der Waals surface area contributed by atoms with Crippen molar-refractivity contribution in [2.45, 2.75) is 50.9 Å². The summed E-state index contributed by atoms with van der Waals surface area (Å²) in [5.41, 5.74) is 8.61. The van der Waals surface area contributed by atoms with E-state index in [0.29, 0.717) is 11.5 Å². The third-order valence-electron chi connectivity index (χ3n) is 5.45. The van der Waals surface area contributed by atoms with E-state index in [0.717, 1.165) is 22.3 Å². The molecule has 1 aliphatic carbocycles. The van der Waals surface area contributed by atoms with E-state index in [4.69, 9.17) is 10.5 Å². The summed E-state index contributed by atoms with van der Waals surface area (Å²) in [5.74, 6) is 0.338. The van der Waals surface area contributed by atoms with Gasteiger partial charge in [0.05, 0.1) is 0 Å². The van der Waals surface area contributed by atoms with E-state index in [2.05, 4.69) is 15.5 Å². The van der Waals surface area contributed by atoms with Gasteiger partial charge in [0.15, 0.2) is 0 Å². The van der Waals surface area contributed by atoms with E-state index in [1.165, 1.54) is 0 Å². The van der Waals surface area contributed by atoms with Crippen LogP contribution in [0.15, 0.2) is 60.7 Å². The number of rotatable bonds is 4. The average Bonchev–Trinajstić information content (AvgIpc) is 2.72. The second kappa shape index (κ2) is 8.22. The lowest BCUT2D eigenvalue weighted by Crippen LogP contribution is -2.50. The Bertz CT molecular complexity index is 1110. The van der Waals surface area contributed by atoms with Gasteiger partial charge in [0.25, 0.3) is 0 Å². The number of amides is 1. The summed E-state index contributed by atoms with van der Waals surface area (Å²) >= 11 is 0. The zero-order valence-electron chi connectivity index (χ0n) is 18.4. The van der Waals surface area contributed by atoms with E-state index >= 15 is 0 Å². The second-order valence-corrected chi connectivity index (χ2v) is 9.24. The smallest absolute Gasteiger partial charge is 0.408 e. The molecule has 6 nitrogen and oxygen atoms in total.